The number of benzene rings is 1. The van der Waals surface area contributed by atoms with Crippen LogP contribution in [0, 0.1) is 6.92 Å². The first-order valence-corrected chi connectivity index (χ1v) is 4.68. The van der Waals surface area contributed by atoms with E-state index < -0.39 is 0 Å². The summed E-state index contributed by atoms with van der Waals surface area (Å²) in [5.74, 6) is -0.279. The second-order valence-corrected chi connectivity index (χ2v) is 3.14. The summed E-state index contributed by atoms with van der Waals surface area (Å²) in [6, 6.07) is 7.30. The molecule has 0 unspecified atom stereocenters. The minimum absolute atomic E-state index is 0.279. The highest BCUT2D eigenvalue weighted by molar-refractivity contribution is 5.89. The topological polar surface area (TPSA) is 52.3 Å². The Kier molecular flexibility index (Phi) is 4.13. The van der Waals surface area contributed by atoms with Gasteiger partial charge in [-0.1, -0.05) is 17.7 Å². The Morgan fingerprint density at radius 3 is 2.57 bits per heavy atom. The predicted molar refractivity (Wildman–Crippen MR) is 55.1 cm³/mol. The molecule has 2 N–H and O–H groups in total. The van der Waals surface area contributed by atoms with Crippen molar-refractivity contribution in [2.75, 3.05) is 13.2 Å². The lowest BCUT2D eigenvalue weighted by molar-refractivity contribution is 0.0503. The minimum Gasteiger partial charge on any atom is -0.462 e. The van der Waals surface area contributed by atoms with Gasteiger partial charge in [-0.3, -0.25) is 0 Å². The summed E-state index contributed by atoms with van der Waals surface area (Å²) in [5.41, 5.74) is 7.00. The van der Waals surface area contributed by atoms with Gasteiger partial charge in [0.2, 0.25) is 0 Å². The molecular weight excluding hydrogens is 178 g/mol. The molecule has 0 aliphatic rings. The molecule has 0 saturated carbocycles. The van der Waals surface area contributed by atoms with Crippen LogP contribution in [0.15, 0.2) is 24.3 Å². The molecule has 0 aliphatic heterocycles. The Bertz CT molecular complexity index is 293. The molecule has 0 heterocycles. The number of esters is 1. The number of carbonyl (C=O) groups is 1. The number of carbonyl (C=O) groups excluding carboxylic acids is 1. The molecule has 0 bridgehead atoms. The van der Waals surface area contributed by atoms with E-state index in [2.05, 4.69) is 0 Å². The highest BCUT2D eigenvalue weighted by atomic mass is 16.5. The molecule has 14 heavy (non-hydrogen) atoms. The molecule has 0 aromatic heterocycles. The van der Waals surface area contributed by atoms with E-state index in [4.69, 9.17) is 10.5 Å². The van der Waals surface area contributed by atoms with Crippen molar-refractivity contribution < 1.29 is 9.53 Å². The van der Waals surface area contributed by atoms with Crippen LogP contribution in [0.25, 0.3) is 0 Å². The Balaban J connectivity index is 2.48. The summed E-state index contributed by atoms with van der Waals surface area (Å²) in [7, 11) is 0. The molecule has 1 aromatic rings. The zero-order valence-electron chi connectivity index (χ0n) is 8.32. The Labute approximate surface area is 83.9 Å². The van der Waals surface area contributed by atoms with Crippen molar-refractivity contribution in [2.24, 2.45) is 5.73 Å². The van der Waals surface area contributed by atoms with E-state index in [1.807, 2.05) is 19.1 Å². The highest BCUT2D eigenvalue weighted by Gasteiger charge is 2.04. The maximum absolute atomic E-state index is 11.4. The average molecular weight is 193 g/mol. The molecule has 0 fully saturated rings. The van der Waals surface area contributed by atoms with Crippen LogP contribution in [0.5, 0.6) is 0 Å². The number of hydrogen-bond acceptors (Lipinski definition) is 3. The minimum atomic E-state index is -0.279. The van der Waals surface area contributed by atoms with Crippen LogP contribution >= 0.6 is 0 Å². The predicted octanol–water partition coefficient (Wildman–Crippen LogP) is 1.50. The first kappa shape index (κ1) is 10.7. The van der Waals surface area contributed by atoms with Gasteiger partial charge in [0.1, 0.15) is 0 Å². The monoisotopic (exact) mass is 193 g/mol. The quantitative estimate of drug-likeness (QED) is 0.582. The van der Waals surface area contributed by atoms with Gasteiger partial charge in [-0.2, -0.15) is 0 Å². The van der Waals surface area contributed by atoms with Crippen LogP contribution < -0.4 is 5.73 Å². The van der Waals surface area contributed by atoms with Crippen LogP contribution in [0.2, 0.25) is 0 Å². The number of rotatable bonds is 4. The summed E-state index contributed by atoms with van der Waals surface area (Å²) < 4.78 is 4.99. The van der Waals surface area contributed by atoms with Gasteiger partial charge in [0.15, 0.2) is 0 Å². The van der Waals surface area contributed by atoms with Gasteiger partial charge in [-0.25, -0.2) is 4.79 Å². The van der Waals surface area contributed by atoms with Crippen LogP contribution in [0.3, 0.4) is 0 Å². The lowest BCUT2D eigenvalue weighted by atomic mass is 10.1. The van der Waals surface area contributed by atoms with Crippen LogP contribution in [0.4, 0.5) is 0 Å². The number of aryl methyl sites for hydroxylation is 1. The van der Waals surface area contributed by atoms with E-state index in [0.717, 1.165) is 5.56 Å². The summed E-state index contributed by atoms with van der Waals surface area (Å²) in [6.45, 7) is 2.91. The molecule has 0 aliphatic carbocycles. The summed E-state index contributed by atoms with van der Waals surface area (Å²) >= 11 is 0. The second kappa shape index (κ2) is 5.40. The van der Waals surface area contributed by atoms with E-state index in [1.54, 1.807) is 12.1 Å². The third-order valence-corrected chi connectivity index (χ3v) is 1.87. The Hall–Kier alpha value is -1.35. The standard InChI is InChI=1S/C11H15NO2/c1-9-3-5-10(6-4-9)11(13)14-8-2-7-12/h3-6H,2,7-8,12H2,1H3. The van der Waals surface area contributed by atoms with Crippen molar-refractivity contribution >= 4 is 5.97 Å². The van der Waals surface area contributed by atoms with E-state index in [-0.39, 0.29) is 5.97 Å². The molecule has 0 amide bonds. The van der Waals surface area contributed by atoms with Gasteiger partial charge in [-0.15, -0.1) is 0 Å². The van der Waals surface area contributed by atoms with Crippen molar-refractivity contribution in [1.82, 2.24) is 0 Å². The SMILES string of the molecule is Cc1ccc(C(=O)OCCCN)cc1. The fourth-order valence-electron chi connectivity index (χ4n) is 1.02. The molecule has 76 valence electrons. The van der Waals surface area contributed by atoms with Gasteiger partial charge >= 0.3 is 5.97 Å². The van der Waals surface area contributed by atoms with Gasteiger partial charge < -0.3 is 10.5 Å². The van der Waals surface area contributed by atoms with E-state index >= 15 is 0 Å². The Morgan fingerprint density at radius 1 is 1.36 bits per heavy atom. The van der Waals surface area contributed by atoms with Gasteiger partial charge in [0.05, 0.1) is 12.2 Å². The zero-order chi connectivity index (χ0) is 10.4. The molecule has 0 atom stereocenters. The van der Waals surface area contributed by atoms with E-state index in [9.17, 15) is 4.79 Å². The number of hydrogen-bond donors (Lipinski definition) is 1. The fraction of sp³-hybridized carbons (Fsp3) is 0.364. The third-order valence-electron chi connectivity index (χ3n) is 1.87. The molecule has 0 spiro atoms. The van der Waals surface area contributed by atoms with Gasteiger partial charge in [-0.05, 0) is 32.0 Å². The normalized spacial score (nSPS) is 9.86. The molecule has 3 nitrogen and oxygen atoms in total. The Morgan fingerprint density at radius 2 is 2.00 bits per heavy atom. The zero-order valence-corrected chi connectivity index (χ0v) is 8.32. The largest absolute Gasteiger partial charge is 0.462 e. The smallest absolute Gasteiger partial charge is 0.338 e. The van der Waals surface area contributed by atoms with Crippen molar-refractivity contribution in [3.05, 3.63) is 35.4 Å². The van der Waals surface area contributed by atoms with Crippen LogP contribution in [-0.4, -0.2) is 19.1 Å². The van der Waals surface area contributed by atoms with E-state index in [1.165, 1.54) is 0 Å². The maximum Gasteiger partial charge on any atom is 0.338 e. The molecule has 0 saturated heterocycles. The highest BCUT2D eigenvalue weighted by Crippen LogP contribution is 2.04. The average Bonchev–Trinajstić information content (AvgIpc) is 2.19. The van der Waals surface area contributed by atoms with Gasteiger partial charge in [0, 0.05) is 0 Å². The lowest BCUT2D eigenvalue weighted by Gasteiger charge is -2.03. The molecule has 3 heteroatoms. The fourth-order valence-corrected chi connectivity index (χ4v) is 1.02. The first-order valence-electron chi connectivity index (χ1n) is 4.68. The van der Waals surface area contributed by atoms with Crippen molar-refractivity contribution in [1.29, 1.82) is 0 Å². The van der Waals surface area contributed by atoms with Crippen molar-refractivity contribution in [3.8, 4) is 0 Å². The number of nitrogens with two attached hydrogens (primary N) is 1. The summed E-state index contributed by atoms with van der Waals surface area (Å²) in [4.78, 5) is 11.4. The summed E-state index contributed by atoms with van der Waals surface area (Å²) in [6.07, 6.45) is 0.706. The first-order chi connectivity index (χ1) is 6.74. The van der Waals surface area contributed by atoms with Crippen LogP contribution in [0.1, 0.15) is 22.3 Å². The maximum atomic E-state index is 11.4. The molecular formula is C11H15NO2. The van der Waals surface area contributed by atoms with Gasteiger partial charge in [0.25, 0.3) is 0 Å². The van der Waals surface area contributed by atoms with E-state index in [0.29, 0.717) is 25.1 Å². The van der Waals surface area contributed by atoms with Crippen LogP contribution in [-0.2, 0) is 4.74 Å². The second-order valence-electron chi connectivity index (χ2n) is 3.14. The van der Waals surface area contributed by atoms with Crippen molar-refractivity contribution in [3.63, 3.8) is 0 Å². The molecule has 1 aromatic carbocycles. The third kappa shape index (κ3) is 3.18. The molecule has 1 rings (SSSR count). The molecule has 0 radical (unpaired) electrons. The van der Waals surface area contributed by atoms with Crippen molar-refractivity contribution in [2.45, 2.75) is 13.3 Å². The summed E-state index contributed by atoms with van der Waals surface area (Å²) in [5, 5.41) is 0. The number of ether oxygens (including phenoxy) is 1. The lowest BCUT2D eigenvalue weighted by Crippen LogP contribution is -2.09.